The third-order valence-electron chi connectivity index (χ3n) is 6.57. The number of ether oxygens (including phenoxy) is 1. The Hall–Kier alpha value is -1.75. The summed E-state index contributed by atoms with van der Waals surface area (Å²) in [6, 6.07) is 12.4. The second-order valence-corrected chi connectivity index (χ2v) is 9.51. The lowest BCUT2D eigenvalue weighted by atomic mass is 9.90. The number of hydrogen-bond donors (Lipinski definition) is 0. The average Bonchev–Trinajstić information content (AvgIpc) is 3.17. The molecule has 4 nitrogen and oxygen atoms in total. The molecule has 1 saturated heterocycles. The number of fused-ring (bicyclic) bond motifs is 4. The van der Waals surface area contributed by atoms with Crippen molar-refractivity contribution >= 4 is 28.9 Å². The maximum atomic E-state index is 6.73. The highest BCUT2D eigenvalue weighted by Gasteiger charge is 2.51. The van der Waals surface area contributed by atoms with Gasteiger partial charge in [0, 0.05) is 48.5 Å². The van der Waals surface area contributed by atoms with Gasteiger partial charge >= 0.3 is 0 Å². The molecule has 0 radical (unpaired) electrons. The molecule has 1 fully saturated rings. The highest BCUT2D eigenvalue weighted by molar-refractivity contribution is 6.37. The van der Waals surface area contributed by atoms with Crippen LogP contribution in [0.5, 0.6) is 5.75 Å². The quantitative estimate of drug-likeness (QED) is 0.577. The van der Waals surface area contributed by atoms with Crippen LogP contribution in [0.1, 0.15) is 55.3 Å². The summed E-state index contributed by atoms with van der Waals surface area (Å²) in [5, 5.41) is 8.67. The van der Waals surface area contributed by atoms with Crippen LogP contribution in [0.3, 0.4) is 0 Å². The van der Waals surface area contributed by atoms with Gasteiger partial charge in [-0.15, -0.1) is 0 Å². The standard InChI is InChI=1S/C24H27Cl2N3O/c1-3-10-28-11-8-24(9-12-28)29-22(19-13-16(2)4-7-23(19)30-24)15-21(27-29)18-6-5-17(25)14-20(18)26/h4-7,13-14,22H,3,8-12,15H2,1-2H3/t22-/m1/s1. The molecule has 0 aliphatic carbocycles. The van der Waals surface area contributed by atoms with E-state index in [1.54, 1.807) is 6.07 Å². The zero-order chi connectivity index (χ0) is 20.9. The summed E-state index contributed by atoms with van der Waals surface area (Å²) < 4.78 is 6.73. The number of likely N-dealkylation sites (tertiary alicyclic amines) is 1. The number of aryl methyl sites for hydroxylation is 1. The van der Waals surface area contributed by atoms with Crippen molar-refractivity contribution in [2.24, 2.45) is 5.10 Å². The molecule has 0 bridgehead atoms. The van der Waals surface area contributed by atoms with Crippen molar-refractivity contribution in [2.75, 3.05) is 19.6 Å². The van der Waals surface area contributed by atoms with Gasteiger partial charge in [0.05, 0.1) is 16.8 Å². The molecular formula is C24H27Cl2N3O. The van der Waals surface area contributed by atoms with Crippen LogP contribution in [0.15, 0.2) is 41.5 Å². The van der Waals surface area contributed by atoms with Crippen molar-refractivity contribution in [1.29, 1.82) is 0 Å². The van der Waals surface area contributed by atoms with E-state index >= 15 is 0 Å². The van der Waals surface area contributed by atoms with E-state index in [1.807, 2.05) is 12.1 Å². The van der Waals surface area contributed by atoms with Crippen molar-refractivity contribution in [2.45, 2.75) is 51.3 Å². The lowest BCUT2D eigenvalue weighted by Crippen LogP contribution is -2.59. The van der Waals surface area contributed by atoms with Crippen LogP contribution < -0.4 is 4.74 Å². The van der Waals surface area contributed by atoms with Gasteiger partial charge in [-0.2, -0.15) is 5.10 Å². The Kier molecular flexibility index (Phi) is 5.20. The normalized spacial score (nSPS) is 22.5. The summed E-state index contributed by atoms with van der Waals surface area (Å²) in [6.07, 6.45) is 3.89. The summed E-state index contributed by atoms with van der Waals surface area (Å²) in [4.78, 5) is 2.53. The Morgan fingerprint density at radius 3 is 2.67 bits per heavy atom. The molecule has 0 aromatic heterocycles. The van der Waals surface area contributed by atoms with Gasteiger partial charge in [-0.05, 0) is 38.1 Å². The van der Waals surface area contributed by atoms with Crippen LogP contribution in [0, 0.1) is 6.92 Å². The highest BCUT2D eigenvalue weighted by Crippen LogP contribution is 2.50. The number of nitrogens with zero attached hydrogens (tertiary/aromatic N) is 3. The molecule has 3 heterocycles. The van der Waals surface area contributed by atoms with Crippen molar-refractivity contribution < 1.29 is 4.74 Å². The summed E-state index contributed by atoms with van der Waals surface area (Å²) >= 11 is 12.7. The first-order chi connectivity index (χ1) is 14.5. The molecule has 2 aromatic carbocycles. The van der Waals surface area contributed by atoms with Crippen molar-refractivity contribution in [3.05, 3.63) is 63.1 Å². The molecule has 0 amide bonds. The van der Waals surface area contributed by atoms with Gasteiger partial charge in [0.1, 0.15) is 5.75 Å². The number of rotatable bonds is 3. The molecule has 0 unspecified atom stereocenters. The topological polar surface area (TPSA) is 28.1 Å². The lowest BCUT2D eigenvalue weighted by molar-refractivity contribution is -0.149. The molecular weight excluding hydrogens is 417 g/mol. The van der Waals surface area contributed by atoms with Crippen LogP contribution in [0.2, 0.25) is 10.0 Å². The predicted octanol–water partition coefficient (Wildman–Crippen LogP) is 6.05. The van der Waals surface area contributed by atoms with E-state index < -0.39 is 5.72 Å². The average molecular weight is 444 g/mol. The van der Waals surface area contributed by atoms with Gasteiger partial charge in [-0.25, -0.2) is 5.01 Å². The number of hydrazone groups is 1. The second-order valence-electron chi connectivity index (χ2n) is 8.67. The number of benzene rings is 2. The van der Waals surface area contributed by atoms with Gasteiger partial charge < -0.3 is 9.64 Å². The van der Waals surface area contributed by atoms with Gasteiger partial charge in [-0.3, -0.25) is 0 Å². The number of hydrogen-bond acceptors (Lipinski definition) is 4. The summed E-state index contributed by atoms with van der Waals surface area (Å²) in [5.41, 5.74) is 4.04. The first kappa shape index (κ1) is 20.2. The van der Waals surface area contributed by atoms with Gasteiger partial charge in [0.25, 0.3) is 0 Å². The fourth-order valence-corrected chi connectivity index (χ4v) is 5.58. The fourth-order valence-electron chi connectivity index (χ4n) is 5.06. The molecule has 1 atom stereocenters. The van der Waals surface area contributed by atoms with E-state index in [9.17, 15) is 0 Å². The molecule has 3 aliphatic heterocycles. The highest BCUT2D eigenvalue weighted by atomic mass is 35.5. The Bertz CT molecular complexity index is 998. The van der Waals surface area contributed by atoms with E-state index in [-0.39, 0.29) is 6.04 Å². The summed E-state index contributed by atoms with van der Waals surface area (Å²) in [7, 11) is 0. The monoisotopic (exact) mass is 443 g/mol. The van der Waals surface area contributed by atoms with E-state index in [1.165, 1.54) is 17.5 Å². The lowest BCUT2D eigenvalue weighted by Gasteiger charge is -2.51. The van der Waals surface area contributed by atoms with E-state index in [2.05, 4.69) is 42.0 Å². The molecule has 30 heavy (non-hydrogen) atoms. The van der Waals surface area contributed by atoms with Crippen molar-refractivity contribution in [1.82, 2.24) is 9.91 Å². The third kappa shape index (κ3) is 3.39. The zero-order valence-corrected chi connectivity index (χ0v) is 19.0. The SMILES string of the molecule is CCCN1CCC2(CC1)Oc1ccc(C)cc1[C@H]1CC(c3ccc(Cl)cc3Cl)=NN12. The Morgan fingerprint density at radius 2 is 1.93 bits per heavy atom. The Labute approximate surface area is 188 Å². The maximum absolute atomic E-state index is 6.73. The molecule has 3 aliphatic rings. The molecule has 158 valence electrons. The molecule has 0 saturated carbocycles. The maximum Gasteiger partial charge on any atom is 0.200 e. The molecule has 5 rings (SSSR count). The summed E-state index contributed by atoms with van der Waals surface area (Å²) in [5.74, 6) is 1.00. The smallest absolute Gasteiger partial charge is 0.200 e. The number of halogens is 2. The van der Waals surface area contributed by atoms with Gasteiger partial charge in [0.2, 0.25) is 5.72 Å². The third-order valence-corrected chi connectivity index (χ3v) is 7.12. The number of piperidine rings is 1. The largest absolute Gasteiger partial charge is 0.466 e. The van der Waals surface area contributed by atoms with Crippen LogP contribution in [0.4, 0.5) is 0 Å². The molecule has 2 aromatic rings. The Balaban J connectivity index is 1.54. The molecule has 1 spiro atoms. The first-order valence-corrected chi connectivity index (χ1v) is 11.6. The fraction of sp³-hybridized carbons (Fsp3) is 0.458. The van der Waals surface area contributed by atoms with Gasteiger partial charge in [0.15, 0.2) is 0 Å². The second kappa shape index (κ2) is 7.74. The minimum atomic E-state index is -0.391. The zero-order valence-electron chi connectivity index (χ0n) is 17.5. The van der Waals surface area contributed by atoms with Crippen LogP contribution in [-0.4, -0.2) is 41.0 Å². The summed E-state index contributed by atoms with van der Waals surface area (Å²) in [6.45, 7) is 7.58. The molecule has 6 heteroatoms. The van der Waals surface area contributed by atoms with Crippen molar-refractivity contribution in [3.8, 4) is 5.75 Å². The predicted molar refractivity (Wildman–Crippen MR) is 123 cm³/mol. The molecule has 0 N–H and O–H groups in total. The van der Waals surface area contributed by atoms with E-state index in [4.69, 9.17) is 33.0 Å². The van der Waals surface area contributed by atoms with Crippen LogP contribution in [0.25, 0.3) is 0 Å². The van der Waals surface area contributed by atoms with E-state index in [0.717, 1.165) is 55.9 Å². The van der Waals surface area contributed by atoms with E-state index in [0.29, 0.717) is 10.0 Å². The van der Waals surface area contributed by atoms with Crippen LogP contribution >= 0.6 is 23.2 Å². The van der Waals surface area contributed by atoms with Crippen molar-refractivity contribution in [3.63, 3.8) is 0 Å². The minimum absolute atomic E-state index is 0.174. The minimum Gasteiger partial charge on any atom is -0.466 e. The van der Waals surface area contributed by atoms with Crippen LogP contribution in [-0.2, 0) is 0 Å². The Morgan fingerprint density at radius 1 is 1.13 bits per heavy atom. The first-order valence-electron chi connectivity index (χ1n) is 10.8. The van der Waals surface area contributed by atoms with Gasteiger partial charge in [-0.1, -0.05) is 53.9 Å².